The van der Waals surface area contributed by atoms with Crippen LogP contribution in [-0.2, 0) is 17.7 Å². The number of nitrogens with zero attached hydrogens (tertiary/aromatic N) is 6. The zero-order valence-electron chi connectivity index (χ0n) is 17.2. The van der Waals surface area contributed by atoms with Gasteiger partial charge >= 0.3 is 6.01 Å². The zero-order chi connectivity index (χ0) is 20.9. The first-order valence-electron chi connectivity index (χ1n) is 10.4. The SMILES string of the molecule is c1cnc(Oc2cccc(CN3CCOC[C@H](Cc4cn5ccnc5cn4)C3)c2)nc1. The molecule has 0 amide bonds. The molecular weight excluding hydrogens is 392 g/mol. The Bertz CT molecular complexity index is 1130. The van der Waals surface area contributed by atoms with Crippen molar-refractivity contribution in [3.63, 3.8) is 0 Å². The van der Waals surface area contributed by atoms with Gasteiger partial charge in [0.15, 0.2) is 5.65 Å². The predicted octanol–water partition coefficient (Wildman–Crippen LogP) is 3.00. The maximum Gasteiger partial charge on any atom is 0.321 e. The van der Waals surface area contributed by atoms with Crippen molar-refractivity contribution < 1.29 is 9.47 Å². The molecule has 1 aliphatic rings. The van der Waals surface area contributed by atoms with Crippen LogP contribution in [0.4, 0.5) is 0 Å². The van der Waals surface area contributed by atoms with E-state index in [9.17, 15) is 0 Å². The van der Waals surface area contributed by atoms with Crippen LogP contribution in [0.25, 0.3) is 5.65 Å². The largest absolute Gasteiger partial charge is 0.424 e. The summed E-state index contributed by atoms with van der Waals surface area (Å²) in [5.41, 5.74) is 3.11. The predicted molar refractivity (Wildman–Crippen MR) is 115 cm³/mol. The highest BCUT2D eigenvalue weighted by Crippen LogP contribution is 2.21. The lowest BCUT2D eigenvalue weighted by atomic mass is 10.0. The molecule has 0 unspecified atom stereocenters. The standard InChI is InChI=1S/C23H24N6O2/c1-3-18(12-21(4-1)31-23-25-5-2-6-26-23)14-28-9-10-30-17-19(15-28)11-20-16-29-8-7-24-22(29)13-27-20/h1-8,12-13,16,19H,9-11,14-15,17H2/t19-/m1/s1. The molecule has 8 nitrogen and oxygen atoms in total. The van der Waals surface area contributed by atoms with Gasteiger partial charge in [-0.05, 0) is 30.2 Å². The van der Waals surface area contributed by atoms with Crippen LogP contribution >= 0.6 is 0 Å². The van der Waals surface area contributed by atoms with Crippen molar-refractivity contribution in [3.05, 3.63) is 78.8 Å². The number of ether oxygens (including phenoxy) is 2. The van der Waals surface area contributed by atoms with E-state index in [2.05, 4.69) is 37.1 Å². The molecule has 0 N–H and O–H groups in total. The highest BCUT2D eigenvalue weighted by molar-refractivity contribution is 5.35. The molecule has 0 bridgehead atoms. The van der Waals surface area contributed by atoms with Crippen LogP contribution < -0.4 is 4.74 Å². The molecular formula is C23H24N6O2. The minimum Gasteiger partial charge on any atom is -0.424 e. The third-order valence-electron chi connectivity index (χ3n) is 5.31. The summed E-state index contributed by atoms with van der Waals surface area (Å²) in [6.07, 6.45) is 11.8. The van der Waals surface area contributed by atoms with Crippen molar-refractivity contribution in [2.24, 2.45) is 5.92 Å². The van der Waals surface area contributed by atoms with E-state index in [1.54, 1.807) is 24.7 Å². The third kappa shape index (κ3) is 5.04. The van der Waals surface area contributed by atoms with Gasteiger partial charge in [-0.3, -0.25) is 9.88 Å². The first kappa shape index (κ1) is 19.6. The monoisotopic (exact) mass is 416 g/mol. The summed E-state index contributed by atoms with van der Waals surface area (Å²) >= 11 is 0. The van der Waals surface area contributed by atoms with Crippen LogP contribution in [0.3, 0.4) is 0 Å². The summed E-state index contributed by atoms with van der Waals surface area (Å²) in [5, 5.41) is 0. The van der Waals surface area contributed by atoms with Crippen LogP contribution in [-0.4, -0.2) is 55.5 Å². The van der Waals surface area contributed by atoms with Crippen LogP contribution in [0.2, 0.25) is 0 Å². The van der Waals surface area contributed by atoms with Crippen molar-refractivity contribution in [2.75, 3.05) is 26.3 Å². The molecule has 0 spiro atoms. The molecule has 1 atom stereocenters. The molecule has 158 valence electrons. The van der Waals surface area contributed by atoms with Crippen molar-refractivity contribution in [1.82, 2.24) is 29.2 Å². The molecule has 1 aliphatic heterocycles. The van der Waals surface area contributed by atoms with Gasteiger partial charge in [0.2, 0.25) is 0 Å². The van der Waals surface area contributed by atoms with Gasteiger partial charge in [-0.1, -0.05) is 12.1 Å². The van der Waals surface area contributed by atoms with Gasteiger partial charge < -0.3 is 13.9 Å². The molecule has 1 fully saturated rings. The minimum absolute atomic E-state index is 0.352. The molecule has 0 aliphatic carbocycles. The average molecular weight is 416 g/mol. The number of aromatic nitrogens is 5. The van der Waals surface area contributed by atoms with Gasteiger partial charge in [0.05, 0.1) is 25.1 Å². The Balaban J connectivity index is 1.24. The summed E-state index contributed by atoms with van der Waals surface area (Å²) in [7, 11) is 0. The molecule has 1 saturated heterocycles. The van der Waals surface area contributed by atoms with Crippen molar-refractivity contribution >= 4 is 5.65 Å². The fourth-order valence-corrected chi connectivity index (χ4v) is 3.90. The molecule has 4 heterocycles. The fourth-order valence-electron chi connectivity index (χ4n) is 3.90. The number of hydrogen-bond donors (Lipinski definition) is 0. The highest BCUT2D eigenvalue weighted by Gasteiger charge is 2.20. The Labute approximate surface area is 180 Å². The zero-order valence-corrected chi connectivity index (χ0v) is 17.2. The van der Waals surface area contributed by atoms with Gasteiger partial charge in [-0.2, -0.15) is 0 Å². The minimum atomic E-state index is 0.352. The van der Waals surface area contributed by atoms with Crippen LogP contribution in [0.5, 0.6) is 11.8 Å². The molecule has 1 aromatic carbocycles. The van der Waals surface area contributed by atoms with Crippen molar-refractivity contribution in [2.45, 2.75) is 13.0 Å². The lowest BCUT2D eigenvalue weighted by Gasteiger charge is -2.23. The fraction of sp³-hybridized carbons (Fsp3) is 0.304. The quantitative estimate of drug-likeness (QED) is 0.478. The van der Waals surface area contributed by atoms with Gasteiger partial charge in [-0.25, -0.2) is 15.0 Å². The van der Waals surface area contributed by atoms with E-state index in [0.717, 1.165) is 56.4 Å². The molecule has 3 aromatic heterocycles. The van der Waals surface area contributed by atoms with Gasteiger partial charge in [0.1, 0.15) is 5.75 Å². The van der Waals surface area contributed by atoms with E-state index >= 15 is 0 Å². The molecule has 0 saturated carbocycles. The summed E-state index contributed by atoms with van der Waals surface area (Å²) in [5.74, 6) is 1.12. The lowest BCUT2D eigenvalue weighted by Crippen LogP contribution is -2.30. The van der Waals surface area contributed by atoms with E-state index < -0.39 is 0 Å². The smallest absolute Gasteiger partial charge is 0.321 e. The number of benzene rings is 1. The van der Waals surface area contributed by atoms with Crippen LogP contribution in [0, 0.1) is 5.92 Å². The second kappa shape index (κ2) is 9.20. The Morgan fingerprint density at radius 1 is 1.06 bits per heavy atom. The van der Waals surface area contributed by atoms with E-state index in [4.69, 9.17) is 9.47 Å². The molecule has 8 heteroatoms. The lowest BCUT2D eigenvalue weighted by molar-refractivity contribution is 0.121. The summed E-state index contributed by atoms with van der Waals surface area (Å²) in [6, 6.07) is 10.2. The van der Waals surface area contributed by atoms with Crippen molar-refractivity contribution in [3.8, 4) is 11.8 Å². The summed E-state index contributed by atoms with van der Waals surface area (Å²) in [4.78, 5) is 19.5. The van der Waals surface area contributed by atoms with Gasteiger partial charge in [-0.15, -0.1) is 0 Å². The maximum absolute atomic E-state index is 5.89. The highest BCUT2D eigenvalue weighted by atomic mass is 16.5. The molecule has 5 rings (SSSR count). The summed E-state index contributed by atoms with van der Waals surface area (Å²) in [6.45, 7) is 4.17. The molecule has 31 heavy (non-hydrogen) atoms. The van der Waals surface area contributed by atoms with Crippen LogP contribution in [0.15, 0.2) is 67.5 Å². The Morgan fingerprint density at radius 3 is 2.94 bits per heavy atom. The third-order valence-corrected chi connectivity index (χ3v) is 5.31. The molecule has 0 radical (unpaired) electrons. The normalized spacial score (nSPS) is 17.5. The first-order valence-corrected chi connectivity index (χ1v) is 10.4. The Hall–Kier alpha value is -3.36. The van der Waals surface area contributed by atoms with E-state index in [-0.39, 0.29) is 0 Å². The second-order valence-electron chi connectivity index (χ2n) is 7.73. The van der Waals surface area contributed by atoms with Crippen molar-refractivity contribution in [1.29, 1.82) is 0 Å². The average Bonchev–Trinajstić information content (AvgIpc) is 3.14. The number of rotatable bonds is 6. The topological polar surface area (TPSA) is 77.7 Å². The maximum atomic E-state index is 5.89. The number of hydrogen-bond acceptors (Lipinski definition) is 7. The van der Waals surface area contributed by atoms with E-state index in [1.807, 2.05) is 35.0 Å². The van der Waals surface area contributed by atoms with Crippen LogP contribution in [0.1, 0.15) is 11.3 Å². The Kier molecular flexibility index (Phi) is 5.81. The Morgan fingerprint density at radius 2 is 2.00 bits per heavy atom. The molecule has 4 aromatic rings. The number of imidazole rings is 1. The van der Waals surface area contributed by atoms with Gasteiger partial charge in [0, 0.05) is 56.5 Å². The van der Waals surface area contributed by atoms with E-state index in [1.165, 1.54) is 5.56 Å². The van der Waals surface area contributed by atoms with Gasteiger partial charge in [0.25, 0.3) is 0 Å². The summed E-state index contributed by atoms with van der Waals surface area (Å²) < 4.78 is 13.7. The van der Waals surface area contributed by atoms with E-state index in [0.29, 0.717) is 11.9 Å². The second-order valence-corrected chi connectivity index (χ2v) is 7.73. The number of fused-ring (bicyclic) bond motifs is 1. The first-order chi connectivity index (χ1) is 15.3.